The van der Waals surface area contributed by atoms with Gasteiger partial charge in [-0.05, 0) is 20.8 Å². The minimum absolute atomic E-state index is 0.825. The summed E-state index contributed by atoms with van der Waals surface area (Å²) in [4.78, 5) is 0. The topological polar surface area (TPSA) is 27.7 Å². The van der Waals surface area contributed by atoms with Crippen LogP contribution in [0.25, 0.3) is 0 Å². The quantitative estimate of drug-likeness (QED) is 0.181. The largest absolute Gasteiger partial charge is 0.543 e. The fourth-order valence-electron chi connectivity index (χ4n) is 2.45. The third kappa shape index (κ3) is 5.25. The Bertz CT molecular complexity index is 632. The second kappa shape index (κ2) is 11.0. The summed E-state index contributed by atoms with van der Waals surface area (Å²) in [5, 5.41) is 0. The van der Waals surface area contributed by atoms with E-state index in [0.29, 0.717) is 0 Å². The standard InChI is InChI=1S/C15H19F15O3Si/c1-4-31-34(32-5-2,33-6-3)10(20)12(23,24)14(27,28)15(29,30)13(25,26)11(21,22)8(17)7(16)9(18)19/h7-10H,4-6H2,1-3H3. The van der Waals surface area contributed by atoms with Crippen LogP contribution in [0.4, 0.5) is 65.9 Å². The van der Waals surface area contributed by atoms with E-state index < -0.39 is 82.8 Å². The molecule has 3 nitrogen and oxygen atoms in total. The Hall–Kier alpha value is -0.953. The third-order valence-corrected chi connectivity index (χ3v) is 7.21. The second-order valence-corrected chi connectivity index (χ2v) is 8.99. The number of hydrogen-bond donors (Lipinski definition) is 0. The molecular formula is C15H19F15O3Si. The smallest absolute Gasteiger partial charge is 0.372 e. The van der Waals surface area contributed by atoms with E-state index in [4.69, 9.17) is 0 Å². The molecule has 0 N–H and O–H groups in total. The fraction of sp³-hybridized carbons (Fsp3) is 1.00. The minimum Gasteiger partial charge on any atom is -0.372 e. The maximum atomic E-state index is 14.6. The molecule has 0 aliphatic carbocycles. The lowest BCUT2D eigenvalue weighted by atomic mass is 9.91. The van der Waals surface area contributed by atoms with Crippen molar-refractivity contribution < 1.29 is 79.1 Å². The van der Waals surface area contributed by atoms with E-state index in [9.17, 15) is 65.9 Å². The molecule has 3 unspecified atom stereocenters. The van der Waals surface area contributed by atoms with Crippen LogP contribution in [-0.4, -0.2) is 82.8 Å². The summed E-state index contributed by atoms with van der Waals surface area (Å²) < 4.78 is 217. The van der Waals surface area contributed by atoms with Gasteiger partial charge in [-0.1, -0.05) is 0 Å². The van der Waals surface area contributed by atoms with Crippen molar-refractivity contribution in [3.05, 3.63) is 0 Å². The Morgan fingerprint density at radius 1 is 0.559 bits per heavy atom. The summed E-state index contributed by atoms with van der Waals surface area (Å²) in [5.41, 5.74) is 0. The lowest BCUT2D eigenvalue weighted by molar-refractivity contribution is -0.413. The van der Waals surface area contributed by atoms with Crippen molar-refractivity contribution in [1.82, 2.24) is 0 Å². The molecule has 206 valence electrons. The van der Waals surface area contributed by atoms with Crippen LogP contribution >= 0.6 is 0 Å². The van der Waals surface area contributed by atoms with Gasteiger partial charge in [0.2, 0.25) is 12.0 Å². The van der Waals surface area contributed by atoms with E-state index in [2.05, 4.69) is 13.3 Å². The minimum atomic E-state index is -8.05. The van der Waals surface area contributed by atoms with E-state index in [1.54, 1.807) is 0 Å². The van der Waals surface area contributed by atoms with Crippen LogP contribution in [0.15, 0.2) is 0 Å². The van der Waals surface area contributed by atoms with Gasteiger partial charge in [-0.2, -0.15) is 43.9 Å². The van der Waals surface area contributed by atoms with Crippen LogP contribution in [0, 0.1) is 0 Å². The molecule has 0 bridgehead atoms. The molecule has 3 atom stereocenters. The van der Waals surface area contributed by atoms with Crippen molar-refractivity contribution in [1.29, 1.82) is 0 Å². The number of rotatable bonds is 15. The molecule has 0 fully saturated rings. The molecule has 0 aromatic heterocycles. The molecule has 0 aromatic carbocycles. The summed E-state index contributed by atoms with van der Waals surface area (Å²) in [6.45, 7) is 0.369. The third-order valence-electron chi connectivity index (χ3n) is 4.16. The average Bonchev–Trinajstić information content (AvgIpc) is 2.71. The number of halogens is 15. The molecule has 19 heteroatoms. The van der Waals surface area contributed by atoms with Crippen molar-refractivity contribution >= 4 is 8.80 Å². The van der Waals surface area contributed by atoms with E-state index in [-0.39, 0.29) is 0 Å². The molecule has 0 aromatic rings. The summed E-state index contributed by atoms with van der Waals surface area (Å²) in [6, 6.07) is 0. The first-order valence-electron chi connectivity index (χ1n) is 9.11. The van der Waals surface area contributed by atoms with Crippen LogP contribution in [0.1, 0.15) is 20.8 Å². The Morgan fingerprint density at radius 3 is 1.18 bits per heavy atom. The maximum absolute atomic E-state index is 14.6. The highest BCUT2D eigenvalue weighted by Crippen LogP contribution is 2.60. The van der Waals surface area contributed by atoms with E-state index in [0.717, 1.165) is 20.8 Å². The monoisotopic (exact) mass is 560 g/mol. The van der Waals surface area contributed by atoms with Crippen molar-refractivity contribution in [2.75, 3.05) is 19.8 Å². The lowest BCUT2D eigenvalue weighted by Crippen LogP contribution is -2.74. The molecule has 0 saturated heterocycles. The Kier molecular flexibility index (Phi) is 10.7. The Morgan fingerprint density at radius 2 is 0.882 bits per heavy atom. The van der Waals surface area contributed by atoms with Crippen molar-refractivity contribution in [2.45, 2.75) is 74.9 Å². The molecular weight excluding hydrogens is 541 g/mol. The number of hydrogen-bond acceptors (Lipinski definition) is 3. The van der Waals surface area contributed by atoms with Gasteiger partial charge >= 0.3 is 38.4 Å². The Labute approximate surface area is 183 Å². The molecule has 0 heterocycles. The van der Waals surface area contributed by atoms with Gasteiger partial charge in [-0.3, -0.25) is 0 Å². The molecule has 0 amide bonds. The zero-order valence-electron chi connectivity index (χ0n) is 17.3. The van der Waals surface area contributed by atoms with Gasteiger partial charge in [0.05, 0.1) is 0 Å². The fourth-order valence-corrected chi connectivity index (χ4v) is 4.97. The van der Waals surface area contributed by atoms with Crippen molar-refractivity contribution in [3.63, 3.8) is 0 Å². The predicted molar refractivity (Wildman–Crippen MR) is 86.1 cm³/mol. The van der Waals surface area contributed by atoms with E-state index in [1.165, 1.54) is 0 Å². The van der Waals surface area contributed by atoms with Gasteiger partial charge in [0, 0.05) is 19.8 Å². The average molecular weight is 560 g/mol. The van der Waals surface area contributed by atoms with Crippen LogP contribution in [0.5, 0.6) is 0 Å². The lowest BCUT2D eigenvalue weighted by Gasteiger charge is -2.42. The van der Waals surface area contributed by atoms with Gasteiger partial charge < -0.3 is 13.3 Å². The maximum Gasteiger partial charge on any atom is 0.543 e. The summed E-state index contributed by atoms with van der Waals surface area (Å²) in [6.07, 6.45) is -15.3. The second-order valence-electron chi connectivity index (χ2n) is 6.41. The highest BCUT2D eigenvalue weighted by atomic mass is 28.4. The van der Waals surface area contributed by atoms with Crippen LogP contribution < -0.4 is 0 Å². The normalized spacial score (nSPS) is 17.7. The molecule has 34 heavy (non-hydrogen) atoms. The molecule has 0 saturated carbocycles. The van der Waals surface area contributed by atoms with Crippen molar-refractivity contribution in [3.8, 4) is 0 Å². The van der Waals surface area contributed by atoms with Crippen LogP contribution in [0.2, 0.25) is 0 Å². The van der Waals surface area contributed by atoms with Gasteiger partial charge in [-0.15, -0.1) is 0 Å². The van der Waals surface area contributed by atoms with E-state index >= 15 is 0 Å². The first kappa shape index (κ1) is 33.0. The highest BCUT2D eigenvalue weighted by Gasteiger charge is 2.90. The molecule has 0 radical (unpaired) electrons. The predicted octanol–water partition coefficient (Wildman–Crippen LogP) is 6.03. The van der Waals surface area contributed by atoms with Gasteiger partial charge in [-0.25, -0.2) is 22.0 Å². The Balaban J connectivity index is 6.68. The SMILES string of the molecule is CCO[Si](OCC)(OCC)C(F)C(F)(F)C(F)(F)C(F)(F)C(F)(F)C(F)(F)C(F)C(F)C(F)F. The first-order valence-corrected chi connectivity index (χ1v) is 10.9. The van der Waals surface area contributed by atoms with E-state index in [1.807, 2.05) is 0 Å². The van der Waals surface area contributed by atoms with Crippen molar-refractivity contribution in [2.24, 2.45) is 0 Å². The van der Waals surface area contributed by atoms with Gasteiger partial charge in [0.15, 0.2) is 6.17 Å². The number of alkyl halides is 15. The first-order chi connectivity index (χ1) is 15.1. The van der Waals surface area contributed by atoms with Crippen LogP contribution in [0.3, 0.4) is 0 Å². The zero-order chi connectivity index (χ0) is 27.6. The summed E-state index contributed by atoms with van der Waals surface area (Å²) >= 11 is 0. The molecule has 0 aliphatic heterocycles. The molecule has 0 rings (SSSR count). The zero-order valence-corrected chi connectivity index (χ0v) is 18.3. The van der Waals surface area contributed by atoms with Gasteiger partial charge in [0.25, 0.3) is 6.43 Å². The van der Waals surface area contributed by atoms with Gasteiger partial charge in [0.1, 0.15) is 0 Å². The highest BCUT2D eigenvalue weighted by molar-refractivity contribution is 6.62. The molecule has 0 aliphatic rings. The summed E-state index contributed by atoms with van der Waals surface area (Å²) in [5.74, 6) is -43.0. The van der Waals surface area contributed by atoms with Crippen LogP contribution in [-0.2, 0) is 13.3 Å². The molecule has 0 spiro atoms. The summed E-state index contributed by atoms with van der Waals surface area (Å²) in [7, 11) is -5.78.